The first-order chi connectivity index (χ1) is 8.80. The fourth-order valence-corrected chi connectivity index (χ4v) is 2.85. The van der Waals surface area contributed by atoms with Gasteiger partial charge < -0.3 is 10.0 Å². The lowest BCUT2D eigenvalue weighted by atomic mass is 9.98. The Hall–Kier alpha value is -0.120. The molecule has 0 saturated carbocycles. The Bertz CT molecular complexity index is 199. The number of aliphatic hydroxyl groups excluding tert-OH is 1. The monoisotopic (exact) mass is 256 g/mol. The van der Waals surface area contributed by atoms with Gasteiger partial charge >= 0.3 is 0 Å². The van der Waals surface area contributed by atoms with Gasteiger partial charge in [-0.25, -0.2) is 0 Å². The van der Waals surface area contributed by atoms with Gasteiger partial charge in [-0.2, -0.15) is 0 Å². The second-order valence-corrected chi connectivity index (χ2v) is 5.64. The van der Waals surface area contributed by atoms with E-state index in [1.165, 1.54) is 51.7 Å². The predicted molar refractivity (Wildman–Crippen MR) is 77.9 cm³/mol. The van der Waals surface area contributed by atoms with Crippen molar-refractivity contribution in [1.82, 2.24) is 9.80 Å². The van der Waals surface area contributed by atoms with E-state index in [9.17, 15) is 0 Å². The van der Waals surface area contributed by atoms with E-state index in [0.717, 1.165) is 25.6 Å². The Labute approximate surface area is 113 Å². The van der Waals surface area contributed by atoms with Crippen LogP contribution in [0, 0.1) is 5.92 Å². The molecule has 0 aromatic rings. The third-order valence-electron chi connectivity index (χ3n) is 4.16. The van der Waals surface area contributed by atoms with Crippen molar-refractivity contribution in [2.75, 3.05) is 45.9 Å². The summed E-state index contributed by atoms with van der Waals surface area (Å²) in [6.07, 6.45) is 6.66. The molecule has 1 N–H and O–H groups in total. The molecule has 0 aromatic heterocycles. The Morgan fingerprint density at radius 2 is 1.78 bits per heavy atom. The first-order valence-electron chi connectivity index (χ1n) is 7.85. The molecule has 1 unspecified atom stereocenters. The summed E-state index contributed by atoms with van der Waals surface area (Å²) in [6, 6.07) is 0. The normalized spacial score (nSPS) is 20.8. The summed E-state index contributed by atoms with van der Waals surface area (Å²) in [5.41, 5.74) is 0. The van der Waals surface area contributed by atoms with Crippen molar-refractivity contribution in [3.8, 4) is 0 Å². The maximum atomic E-state index is 9.00. The lowest BCUT2D eigenvalue weighted by Gasteiger charge is -2.26. The van der Waals surface area contributed by atoms with Gasteiger partial charge in [-0.1, -0.05) is 33.1 Å². The van der Waals surface area contributed by atoms with E-state index in [1.54, 1.807) is 0 Å². The zero-order valence-electron chi connectivity index (χ0n) is 12.4. The fourth-order valence-electron chi connectivity index (χ4n) is 2.85. The number of unbranched alkanes of at least 4 members (excludes halogenated alkanes) is 1. The van der Waals surface area contributed by atoms with Crippen LogP contribution in [-0.2, 0) is 0 Å². The Morgan fingerprint density at radius 3 is 2.44 bits per heavy atom. The molecule has 1 saturated heterocycles. The summed E-state index contributed by atoms with van der Waals surface area (Å²) in [5, 5.41) is 9.00. The van der Waals surface area contributed by atoms with E-state index >= 15 is 0 Å². The zero-order chi connectivity index (χ0) is 13.2. The highest BCUT2D eigenvalue weighted by molar-refractivity contribution is 4.72. The lowest BCUT2D eigenvalue weighted by Crippen LogP contribution is -2.34. The van der Waals surface area contributed by atoms with Gasteiger partial charge in [0, 0.05) is 26.2 Å². The summed E-state index contributed by atoms with van der Waals surface area (Å²) >= 11 is 0. The number of hydrogen-bond donors (Lipinski definition) is 1. The van der Waals surface area contributed by atoms with Gasteiger partial charge in [0.1, 0.15) is 0 Å². The molecule has 18 heavy (non-hydrogen) atoms. The highest BCUT2D eigenvalue weighted by atomic mass is 16.3. The Balaban J connectivity index is 2.28. The third-order valence-corrected chi connectivity index (χ3v) is 4.16. The van der Waals surface area contributed by atoms with Gasteiger partial charge in [0.15, 0.2) is 0 Å². The molecule has 0 radical (unpaired) electrons. The van der Waals surface area contributed by atoms with Crippen molar-refractivity contribution < 1.29 is 5.11 Å². The molecule has 1 heterocycles. The van der Waals surface area contributed by atoms with E-state index in [1.807, 2.05) is 0 Å². The van der Waals surface area contributed by atoms with Crippen molar-refractivity contribution in [2.24, 2.45) is 5.92 Å². The quantitative estimate of drug-likeness (QED) is 0.721. The predicted octanol–water partition coefficient (Wildman–Crippen LogP) is 2.20. The maximum absolute atomic E-state index is 9.00. The third kappa shape index (κ3) is 6.17. The summed E-state index contributed by atoms with van der Waals surface area (Å²) in [7, 11) is 0. The lowest BCUT2D eigenvalue weighted by molar-refractivity contribution is 0.189. The van der Waals surface area contributed by atoms with Gasteiger partial charge in [-0.05, 0) is 31.8 Å². The van der Waals surface area contributed by atoms with Crippen LogP contribution in [0.4, 0.5) is 0 Å². The van der Waals surface area contributed by atoms with E-state index in [0.29, 0.717) is 6.61 Å². The molecule has 0 aromatic carbocycles. The number of aliphatic hydroxyl groups is 1. The minimum absolute atomic E-state index is 0.300. The Morgan fingerprint density at radius 1 is 1.06 bits per heavy atom. The molecule has 0 amide bonds. The van der Waals surface area contributed by atoms with Gasteiger partial charge in [0.05, 0.1) is 6.61 Å². The van der Waals surface area contributed by atoms with Crippen molar-refractivity contribution in [3.05, 3.63) is 0 Å². The molecular weight excluding hydrogens is 224 g/mol. The van der Waals surface area contributed by atoms with Gasteiger partial charge in [0.25, 0.3) is 0 Å². The second-order valence-electron chi connectivity index (χ2n) is 5.64. The molecule has 0 bridgehead atoms. The van der Waals surface area contributed by atoms with E-state index in [2.05, 4.69) is 23.6 Å². The fraction of sp³-hybridized carbons (Fsp3) is 1.00. The number of nitrogens with zero attached hydrogens (tertiary/aromatic N) is 2. The Kier molecular flexibility index (Phi) is 8.64. The standard InChI is InChI=1S/C15H32N2O/c1-3-5-7-15(4-2)14-17-9-6-8-16(10-11-17)12-13-18/h15,18H,3-14H2,1-2H3. The highest BCUT2D eigenvalue weighted by Crippen LogP contribution is 2.15. The second kappa shape index (κ2) is 9.76. The van der Waals surface area contributed by atoms with E-state index in [4.69, 9.17) is 5.11 Å². The molecule has 1 aliphatic rings. The zero-order valence-corrected chi connectivity index (χ0v) is 12.4. The van der Waals surface area contributed by atoms with Gasteiger partial charge in [0.2, 0.25) is 0 Å². The smallest absolute Gasteiger partial charge is 0.0558 e. The summed E-state index contributed by atoms with van der Waals surface area (Å²) < 4.78 is 0. The van der Waals surface area contributed by atoms with Crippen LogP contribution in [-0.4, -0.2) is 60.8 Å². The molecule has 3 nitrogen and oxygen atoms in total. The molecule has 1 rings (SSSR count). The SMILES string of the molecule is CCCCC(CC)CN1CCCN(CCO)CC1. The molecule has 1 fully saturated rings. The van der Waals surface area contributed by atoms with Crippen LogP contribution < -0.4 is 0 Å². The minimum atomic E-state index is 0.300. The van der Waals surface area contributed by atoms with Crippen LogP contribution in [0.15, 0.2) is 0 Å². The minimum Gasteiger partial charge on any atom is -0.395 e. The van der Waals surface area contributed by atoms with Crippen molar-refractivity contribution in [2.45, 2.75) is 46.0 Å². The molecule has 0 spiro atoms. The van der Waals surface area contributed by atoms with Crippen molar-refractivity contribution >= 4 is 0 Å². The molecule has 3 heteroatoms. The van der Waals surface area contributed by atoms with Crippen LogP contribution in [0.25, 0.3) is 0 Å². The summed E-state index contributed by atoms with van der Waals surface area (Å²) in [6.45, 7) is 11.8. The highest BCUT2D eigenvalue weighted by Gasteiger charge is 2.17. The molecule has 1 atom stereocenters. The first-order valence-corrected chi connectivity index (χ1v) is 7.85. The number of rotatable bonds is 8. The molecule has 108 valence electrons. The van der Waals surface area contributed by atoms with Crippen LogP contribution in [0.3, 0.4) is 0 Å². The van der Waals surface area contributed by atoms with Crippen LogP contribution in [0.1, 0.15) is 46.0 Å². The molecule has 0 aliphatic carbocycles. The van der Waals surface area contributed by atoms with Crippen LogP contribution in [0.5, 0.6) is 0 Å². The number of β-amino-alcohol motifs (C(OH)–C–C–N with tert-alkyl or cyclic N) is 1. The summed E-state index contributed by atoms with van der Waals surface area (Å²) in [4.78, 5) is 5.04. The van der Waals surface area contributed by atoms with Crippen molar-refractivity contribution in [3.63, 3.8) is 0 Å². The maximum Gasteiger partial charge on any atom is 0.0558 e. The van der Waals surface area contributed by atoms with Gasteiger partial charge in [-0.15, -0.1) is 0 Å². The average molecular weight is 256 g/mol. The first kappa shape index (κ1) is 15.9. The van der Waals surface area contributed by atoms with Crippen LogP contribution in [0.2, 0.25) is 0 Å². The van der Waals surface area contributed by atoms with E-state index < -0.39 is 0 Å². The van der Waals surface area contributed by atoms with Gasteiger partial charge in [-0.3, -0.25) is 4.90 Å². The average Bonchev–Trinajstić information content (AvgIpc) is 2.60. The topological polar surface area (TPSA) is 26.7 Å². The van der Waals surface area contributed by atoms with E-state index in [-0.39, 0.29) is 0 Å². The van der Waals surface area contributed by atoms with Crippen LogP contribution >= 0.6 is 0 Å². The summed E-state index contributed by atoms with van der Waals surface area (Å²) in [5.74, 6) is 0.884. The number of hydrogen-bond acceptors (Lipinski definition) is 3. The molecule has 1 aliphatic heterocycles. The molecular formula is C15H32N2O. The van der Waals surface area contributed by atoms with Crippen molar-refractivity contribution in [1.29, 1.82) is 0 Å². The largest absolute Gasteiger partial charge is 0.395 e.